The lowest BCUT2D eigenvalue weighted by atomic mass is 9.89. The van der Waals surface area contributed by atoms with Gasteiger partial charge < -0.3 is 10.2 Å². The van der Waals surface area contributed by atoms with Gasteiger partial charge in [0, 0.05) is 13.0 Å². The van der Waals surface area contributed by atoms with Crippen LogP contribution in [0, 0.1) is 0 Å². The molecule has 1 N–H and O–H groups in total. The van der Waals surface area contributed by atoms with Crippen molar-refractivity contribution < 1.29 is 9.59 Å². The van der Waals surface area contributed by atoms with Crippen LogP contribution in [0.25, 0.3) is 0 Å². The summed E-state index contributed by atoms with van der Waals surface area (Å²) >= 11 is 0. The van der Waals surface area contributed by atoms with Gasteiger partial charge in [0.05, 0.1) is 12.6 Å². The Balaban J connectivity index is 1.58. The van der Waals surface area contributed by atoms with E-state index in [0.29, 0.717) is 13.0 Å². The van der Waals surface area contributed by atoms with E-state index < -0.39 is 0 Å². The zero-order valence-corrected chi connectivity index (χ0v) is 13.9. The highest BCUT2D eigenvalue weighted by atomic mass is 16.2. The largest absolute Gasteiger partial charge is 0.348 e. The van der Waals surface area contributed by atoms with Crippen molar-refractivity contribution in [2.75, 3.05) is 13.1 Å². The van der Waals surface area contributed by atoms with Crippen molar-refractivity contribution in [1.29, 1.82) is 0 Å². The third kappa shape index (κ3) is 3.92. The number of carbonyl (C=O) groups excluding carboxylic acids is 2. The summed E-state index contributed by atoms with van der Waals surface area (Å²) in [5.41, 5.74) is 4.04. The molecule has 2 amide bonds. The van der Waals surface area contributed by atoms with Gasteiger partial charge in [-0.2, -0.15) is 0 Å². The first-order valence-corrected chi connectivity index (χ1v) is 8.82. The predicted octanol–water partition coefficient (Wildman–Crippen LogP) is 2.76. The number of aryl methyl sites for hydroxylation is 2. The van der Waals surface area contributed by atoms with Crippen LogP contribution in [0.5, 0.6) is 0 Å². The first kappa shape index (κ1) is 16.0. The lowest BCUT2D eigenvalue weighted by Gasteiger charge is -2.27. The summed E-state index contributed by atoms with van der Waals surface area (Å²) in [6.07, 6.45) is 7.38. The highest BCUT2D eigenvalue weighted by Gasteiger charge is 2.21. The molecule has 1 aliphatic carbocycles. The van der Waals surface area contributed by atoms with Crippen LogP contribution in [0.3, 0.4) is 0 Å². The van der Waals surface area contributed by atoms with E-state index in [9.17, 15) is 9.59 Å². The molecule has 2 aliphatic rings. The van der Waals surface area contributed by atoms with Crippen LogP contribution in [0.1, 0.15) is 61.8 Å². The van der Waals surface area contributed by atoms with Gasteiger partial charge in [-0.15, -0.1) is 0 Å². The van der Waals surface area contributed by atoms with Crippen LogP contribution in [-0.2, 0) is 22.4 Å². The fourth-order valence-electron chi connectivity index (χ4n) is 3.60. The molecule has 0 saturated carbocycles. The molecule has 1 heterocycles. The maximum atomic E-state index is 12.2. The number of piperidine rings is 1. The molecule has 3 rings (SSSR count). The zero-order chi connectivity index (χ0) is 16.2. The van der Waals surface area contributed by atoms with E-state index in [1.807, 2.05) is 6.92 Å². The summed E-state index contributed by atoms with van der Waals surface area (Å²) in [6.45, 7) is 2.91. The van der Waals surface area contributed by atoms with Gasteiger partial charge in [0.1, 0.15) is 0 Å². The van der Waals surface area contributed by atoms with E-state index in [4.69, 9.17) is 0 Å². The van der Waals surface area contributed by atoms with Crippen molar-refractivity contribution in [2.45, 2.75) is 57.9 Å². The number of hydrogen-bond donors (Lipinski definition) is 1. The molecule has 1 fully saturated rings. The Morgan fingerprint density at radius 2 is 1.87 bits per heavy atom. The van der Waals surface area contributed by atoms with Gasteiger partial charge in [0.2, 0.25) is 11.8 Å². The number of nitrogens with one attached hydrogen (secondary N) is 1. The number of carbonyl (C=O) groups is 2. The van der Waals surface area contributed by atoms with Gasteiger partial charge in [-0.1, -0.05) is 18.2 Å². The second-order valence-corrected chi connectivity index (χ2v) is 6.80. The highest BCUT2D eigenvalue weighted by molar-refractivity contribution is 5.85. The molecule has 0 bridgehead atoms. The third-order valence-electron chi connectivity index (χ3n) is 5.01. The van der Waals surface area contributed by atoms with Crippen LogP contribution in [0.4, 0.5) is 0 Å². The molecule has 1 atom stereocenters. The Kier molecular flexibility index (Phi) is 4.99. The van der Waals surface area contributed by atoms with Gasteiger partial charge in [-0.25, -0.2) is 0 Å². The number of nitrogens with zero attached hydrogens (tertiary/aromatic N) is 1. The van der Waals surface area contributed by atoms with Crippen molar-refractivity contribution in [2.24, 2.45) is 0 Å². The molecule has 23 heavy (non-hydrogen) atoms. The maximum Gasteiger partial charge on any atom is 0.240 e. The number of fused-ring (bicyclic) bond motifs is 1. The average Bonchev–Trinajstić information content (AvgIpc) is 2.56. The Labute approximate surface area is 138 Å². The van der Waals surface area contributed by atoms with E-state index in [0.717, 1.165) is 24.8 Å². The van der Waals surface area contributed by atoms with E-state index >= 15 is 0 Å². The molecule has 4 heteroatoms. The number of benzene rings is 1. The number of rotatable bonds is 4. The molecular formula is C19H26N2O2. The summed E-state index contributed by atoms with van der Waals surface area (Å²) in [5, 5.41) is 3.04. The van der Waals surface area contributed by atoms with Gasteiger partial charge >= 0.3 is 0 Å². The van der Waals surface area contributed by atoms with Crippen molar-refractivity contribution in [3.05, 3.63) is 34.9 Å². The highest BCUT2D eigenvalue weighted by Crippen LogP contribution is 2.24. The van der Waals surface area contributed by atoms with Gasteiger partial charge in [-0.3, -0.25) is 9.59 Å². The van der Waals surface area contributed by atoms with Crippen LogP contribution in [0.2, 0.25) is 0 Å². The topological polar surface area (TPSA) is 49.4 Å². The van der Waals surface area contributed by atoms with Crippen LogP contribution in [0.15, 0.2) is 18.2 Å². The van der Waals surface area contributed by atoms with E-state index in [2.05, 4.69) is 23.5 Å². The second-order valence-electron chi connectivity index (χ2n) is 6.80. The first-order valence-electron chi connectivity index (χ1n) is 8.82. The lowest BCUT2D eigenvalue weighted by Crippen LogP contribution is -2.43. The minimum Gasteiger partial charge on any atom is -0.348 e. The molecule has 1 aromatic rings. The maximum absolute atomic E-state index is 12.2. The Morgan fingerprint density at radius 3 is 2.65 bits per heavy atom. The molecule has 1 aromatic carbocycles. The van der Waals surface area contributed by atoms with Crippen LogP contribution >= 0.6 is 0 Å². The molecular weight excluding hydrogens is 288 g/mol. The predicted molar refractivity (Wildman–Crippen MR) is 90.1 cm³/mol. The van der Waals surface area contributed by atoms with E-state index in [1.54, 1.807) is 4.90 Å². The number of likely N-dealkylation sites (tertiary alicyclic amines) is 1. The Bertz CT molecular complexity index is 597. The van der Waals surface area contributed by atoms with Crippen LogP contribution in [-0.4, -0.2) is 29.8 Å². The SMILES string of the molecule is CC(NC(=O)CN1CCCCC1=O)c1ccc2c(c1)CCCC2. The third-order valence-corrected chi connectivity index (χ3v) is 5.01. The van der Waals surface area contributed by atoms with Gasteiger partial charge in [0.15, 0.2) is 0 Å². The Morgan fingerprint density at radius 1 is 1.13 bits per heavy atom. The average molecular weight is 314 g/mol. The Hall–Kier alpha value is -1.84. The lowest BCUT2D eigenvalue weighted by molar-refractivity contribution is -0.138. The smallest absolute Gasteiger partial charge is 0.240 e. The molecule has 0 aromatic heterocycles. The summed E-state index contributed by atoms with van der Waals surface area (Å²) in [7, 11) is 0. The standard InChI is InChI=1S/C19H26N2O2/c1-14(16-10-9-15-6-2-3-7-17(15)12-16)20-18(22)13-21-11-5-4-8-19(21)23/h9-10,12,14H,2-8,11,13H2,1H3,(H,20,22). The second kappa shape index (κ2) is 7.16. The monoisotopic (exact) mass is 314 g/mol. The first-order chi connectivity index (χ1) is 11.1. The zero-order valence-electron chi connectivity index (χ0n) is 13.9. The van der Waals surface area contributed by atoms with Crippen molar-refractivity contribution >= 4 is 11.8 Å². The molecule has 1 saturated heterocycles. The molecule has 0 spiro atoms. The van der Waals surface area contributed by atoms with Gasteiger partial charge in [0.25, 0.3) is 0 Å². The summed E-state index contributed by atoms with van der Waals surface area (Å²) in [4.78, 5) is 25.7. The molecule has 124 valence electrons. The normalized spacial score (nSPS) is 19.2. The van der Waals surface area contributed by atoms with E-state index in [-0.39, 0.29) is 24.4 Å². The van der Waals surface area contributed by atoms with Crippen molar-refractivity contribution in [3.8, 4) is 0 Å². The van der Waals surface area contributed by atoms with E-state index in [1.165, 1.54) is 30.4 Å². The molecule has 4 nitrogen and oxygen atoms in total. The molecule has 1 unspecified atom stereocenters. The van der Waals surface area contributed by atoms with Crippen LogP contribution < -0.4 is 5.32 Å². The quantitative estimate of drug-likeness (QED) is 0.929. The fourth-order valence-corrected chi connectivity index (χ4v) is 3.60. The number of amides is 2. The van der Waals surface area contributed by atoms with Gasteiger partial charge in [-0.05, 0) is 62.1 Å². The minimum absolute atomic E-state index is 0.0189. The fraction of sp³-hybridized carbons (Fsp3) is 0.579. The number of hydrogen-bond acceptors (Lipinski definition) is 2. The minimum atomic E-state index is -0.0644. The summed E-state index contributed by atoms with van der Waals surface area (Å²) in [6, 6.07) is 6.56. The summed E-state index contributed by atoms with van der Waals surface area (Å²) < 4.78 is 0. The van der Waals surface area contributed by atoms with Crippen molar-refractivity contribution in [3.63, 3.8) is 0 Å². The molecule has 0 radical (unpaired) electrons. The van der Waals surface area contributed by atoms with Crippen molar-refractivity contribution in [1.82, 2.24) is 10.2 Å². The summed E-state index contributed by atoms with van der Waals surface area (Å²) in [5.74, 6) is 0.0401. The molecule has 1 aliphatic heterocycles.